The fourth-order valence-corrected chi connectivity index (χ4v) is 2.87. The van der Waals surface area contributed by atoms with Gasteiger partial charge in [0, 0.05) is 24.4 Å². The van der Waals surface area contributed by atoms with Crippen LogP contribution >= 0.6 is 0 Å². The lowest BCUT2D eigenvalue weighted by molar-refractivity contribution is 0.208. The van der Waals surface area contributed by atoms with Crippen molar-refractivity contribution in [2.75, 3.05) is 17.7 Å². The first-order valence-corrected chi connectivity index (χ1v) is 9.21. The molecule has 2 aromatic heterocycles. The number of aromatic nitrogens is 2. The molecule has 2 heterocycles. The van der Waals surface area contributed by atoms with E-state index in [1.807, 2.05) is 42.5 Å². The van der Waals surface area contributed by atoms with Crippen LogP contribution in [0.3, 0.4) is 0 Å². The van der Waals surface area contributed by atoms with Gasteiger partial charge in [0.2, 0.25) is 0 Å². The van der Waals surface area contributed by atoms with Gasteiger partial charge in [-0.2, -0.15) is 0 Å². The Morgan fingerprint density at radius 2 is 1.82 bits per heavy atom. The molecule has 0 amide bonds. The van der Waals surface area contributed by atoms with Crippen molar-refractivity contribution in [3.8, 4) is 11.3 Å². The molecule has 0 aliphatic rings. The Balaban J connectivity index is 1.84. The molecular weight excluding hydrogens is 352 g/mol. The Bertz CT molecular complexity index is 1000. The second kappa shape index (κ2) is 7.86. The highest BCUT2D eigenvalue weighted by atomic mass is 16.3. The molecule has 146 valence electrons. The number of aliphatic hydroxyl groups is 1. The lowest BCUT2D eigenvalue weighted by Crippen LogP contribution is -2.18. The van der Waals surface area contributed by atoms with E-state index in [1.54, 1.807) is 19.3 Å². The smallest absolute Gasteiger partial charge is 0.271 e. The van der Waals surface area contributed by atoms with Gasteiger partial charge in [0.15, 0.2) is 6.23 Å². The van der Waals surface area contributed by atoms with Crippen molar-refractivity contribution in [1.82, 2.24) is 9.97 Å². The van der Waals surface area contributed by atoms with E-state index in [0.29, 0.717) is 5.56 Å². The molecule has 1 atom stereocenters. The average Bonchev–Trinajstić information content (AvgIpc) is 2.69. The summed E-state index contributed by atoms with van der Waals surface area (Å²) < 4.78 is 0. The number of anilines is 2. The molecule has 4 N–H and O–H groups in total. The third-order valence-electron chi connectivity index (χ3n) is 4.59. The van der Waals surface area contributed by atoms with E-state index in [9.17, 15) is 9.90 Å². The lowest BCUT2D eigenvalue weighted by Gasteiger charge is -2.20. The molecular formula is C22H26N4O2. The van der Waals surface area contributed by atoms with Gasteiger partial charge in [0.1, 0.15) is 11.5 Å². The zero-order valence-corrected chi connectivity index (χ0v) is 16.6. The predicted octanol–water partition coefficient (Wildman–Crippen LogP) is 3.88. The fourth-order valence-electron chi connectivity index (χ4n) is 2.87. The molecule has 0 saturated carbocycles. The molecule has 0 bridgehead atoms. The first-order chi connectivity index (χ1) is 13.3. The molecule has 0 saturated heterocycles. The molecule has 3 aromatic rings. The second-order valence-corrected chi connectivity index (χ2v) is 7.71. The van der Waals surface area contributed by atoms with E-state index in [-0.39, 0.29) is 16.7 Å². The summed E-state index contributed by atoms with van der Waals surface area (Å²) in [6, 6.07) is 15.0. The van der Waals surface area contributed by atoms with E-state index in [4.69, 9.17) is 0 Å². The maximum absolute atomic E-state index is 12.2. The number of aromatic amines is 1. The van der Waals surface area contributed by atoms with E-state index in [1.165, 1.54) is 5.56 Å². The standard InChI is InChI=1S/C22H26N4O2/c1-22(2,3)16-10-8-14(9-11-16)20(27)26-18-12-15(13-24-21(18)28)17-6-5-7-19(23-4)25-17/h5-13,20,26-27H,1-4H3,(H,23,25)(H,24,28). The minimum Gasteiger partial charge on any atom is -0.373 e. The fraction of sp³-hybridized carbons (Fsp3) is 0.273. The zero-order valence-electron chi connectivity index (χ0n) is 16.6. The predicted molar refractivity (Wildman–Crippen MR) is 114 cm³/mol. The number of aliphatic hydroxyl groups excluding tert-OH is 1. The first kappa shape index (κ1) is 19.6. The number of nitrogens with zero attached hydrogens (tertiary/aromatic N) is 1. The normalized spacial score (nSPS) is 12.5. The summed E-state index contributed by atoms with van der Waals surface area (Å²) in [7, 11) is 1.80. The monoisotopic (exact) mass is 378 g/mol. The van der Waals surface area contributed by atoms with Crippen LogP contribution in [0.15, 0.2) is 59.5 Å². The van der Waals surface area contributed by atoms with Crippen LogP contribution in [-0.4, -0.2) is 22.1 Å². The van der Waals surface area contributed by atoms with Crippen molar-refractivity contribution < 1.29 is 5.11 Å². The minimum atomic E-state index is -0.998. The first-order valence-electron chi connectivity index (χ1n) is 9.21. The number of hydrogen-bond donors (Lipinski definition) is 4. The maximum atomic E-state index is 12.2. The van der Waals surface area contributed by atoms with Gasteiger partial charge in [-0.25, -0.2) is 4.98 Å². The summed E-state index contributed by atoms with van der Waals surface area (Å²) in [4.78, 5) is 19.4. The quantitative estimate of drug-likeness (QED) is 0.506. The summed E-state index contributed by atoms with van der Waals surface area (Å²) >= 11 is 0. The van der Waals surface area contributed by atoms with Crippen LogP contribution in [-0.2, 0) is 5.41 Å². The highest BCUT2D eigenvalue weighted by Gasteiger charge is 2.15. The Morgan fingerprint density at radius 1 is 1.11 bits per heavy atom. The van der Waals surface area contributed by atoms with Crippen LogP contribution in [0.1, 0.15) is 38.1 Å². The SMILES string of the molecule is CNc1cccc(-c2c[nH]c(=O)c(NC(O)c3ccc(C(C)(C)C)cc3)c2)n1. The van der Waals surface area contributed by atoms with Gasteiger partial charge in [0.25, 0.3) is 5.56 Å². The molecule has 6 nitrogen and oxygen atoms in total. The van der Waals surface area contributed by atoms with Gasteiger partial charge in [-0.3, -0.25) is 4.79 Å². The van der Waals surface area contributed by atoms with Crippen molar-refractivity contribution in [3.63, 3.8) is 0 Å². The van der Waals surface area contributed by atoms with Crippen molar-refractivity contribution in [3.05, 3.63) is 76.2 Å². The molecule has 28 heavy (non-hydrogen) atoms. The largest absolute Gasteiger partial charge is 0.373 e. The molecule has 0 aliphatic carbocycles. The molecule has 1 aromatic carbocycles. The maximum Gasteiger partial charge on any atom is 0.271 e. The Hall–Kier alpha value is -3.12. The Kier molecular flexibility index (Phi) is 5.51. The zero-order chi connectivity index (χ0) is 20.3. The molecule has 1 unspecified atom stereocenters. The summed E-state index contributed by atoms with van der Waals surface area (Å²) in [5, 5.41) is 16.4. The number of pyridine rings is 2. The number of hydrogen-bond acceptors (Lipinski definition) is 5. The number of benzene rings is 1. The van der Waals surface area contributed by atoms with Crippen LogP contribution in [0, 0.1) is 0 Å². The lowest BCUT2D eigenvalue weighted by atomic mass is 9.86. The third-order valence-corrected chi connectivity index (χ3v) is 4.59. The highest BCUT2D eigenvalue weighted by Crippen LogP contribution is 2.25. The summed E-state index contributed by atoms with van der Waals surface area (Å²) in [5.41, 5.74) is 3.34. The molecule has 3 rings (SSSR count). The van der Waals surface area contributed by atoms with Gasteiger partial charge >= 0.3 is 0 Å². The van der Waals surface area contributed by atoms with Gasteiger partial charge in [-0.05, 0) is 29.2 Å². The van der Waals surface area contributed by atoms with Crippen LogP contribution < -0.4 is 16.2 Å². The second-order valence-electron chi connectivity index (χ2n) is 7.71. The van der Waals surface area contributed by atoms with Crippen molar-refractivity contribution in [2.24, 2.45) is 0 Å². The Labute approximate surface area is 164 Å². The molecule has 0 fully saturated rings. The van der Waals surface area contributed by atoms with Gasteiger partial charge < -0.3 is 20.7 Å². The van der Waals surface area contributed by atoms with Crippen LogP contribution in [0.5, 0.6) is 0 Å². The summed E-state index contributed by atoms with van der Waals surface area (Å²) in [5.74, 6) is 0.734. The van der Waals surface area contributed by atoms with E-state index in [0.717, 1.165) is 17.1 Å². The highest BCUT2D eigenvalue weighted by molar-refractivity contribution is 5.65. The topological polar surface area (TPSA) is 90.0 Å². The van der Waals surface area contributed by atoms with E-state index >= 15 is 0 Å². The van der Waals surface area contributed by atoms with Crippen LogP contribution in [0.25, 0.3) is 11.3 Å². The number of rotatable bonds is 5. The van der Waals surface area contributed by atoms with Crippen molar-refractivity contribution >= 4 is 11.5 Å². The summed E-state index contributed by atoms with van der Waals surface area (Å²) in [6.07, 6.45) is 0.613. The van der Waals surface area contributed by atoms with Crippen molar-refractivity contribution in [2.45, 2.75) is 32.4 Å². The van der Waals surface area contributed by atoms with Crippen LogP contribution in [0.4, 0.5) is 11.5 Å². The minimum absolute atomic E-state index is 0.0390. The van der Waals surface area contributed by atoms with E-state index in [2.05, 4.69) is 41.4 Å². The van der Waals surface area contributed by atoms with Gasteiger partial charge in [-0.1, -0.05) is 51.1 Å². The number of H-pyrrole nitrogens is 1. The van der Waals surface area contributed by atoms with Gasteiger partial charge in [-0.15, -0.1) is 0 Å². The molecule has 0 radical (unpaired) electrons. The average molecular weight is 378 g/mol. The van der Waals surface area contributed by atoms with E-state index < -0.39 is 6.23 Å². The van der Waals surface area contributed by atoms with Gasteiger partial charge in [0.05, 0.1) is 5.69 Å². The third kappa shape index (κ3) is 4.40. The number of nitrogens with one attached hydrogen (secondary N) is 3. The molecule has 0 aliphatic heterocycles. The Morgan fingerprint density at radius 3 is 2.46 bits per heavy atom. The molecule has 0 spiro atoms. The summed E-state index contributed by atoms with van der Waals surface area (Å²) in [6.45, 7) is 6.41. The van der Waals surface area contributed by atoms with Crippen molar-refractivity contribution in [1.29, 1.82) is 0 Å². The molecule has 6 heteroatoms. The van der Waals surface area contributed by atoms with Crippen LogP contribution in [0.2, 0.25) is 0 Å².